The van der Waals surface area contributed by atoms with Crippen molar-refractivity contribution in [2.75, 3.05) is 13.7 Å². The van der Waals surface area contributed by atoms with Gasteiger partial charge in [0.15, 0.2) is 11.2 Å². The summed E-state index contributed by atoms with van der Waals surface area (Å²) in [6, 6.07) is 7.34. The summed E-state index contributed by atoms with van der Waals surface area (Å²) in [5, 5.41) is 37.9. The van der Waals surface area contributed by atoms with Gasteiger partial charge < -0.3 is 24.8 Å². The van der Waals surface area contributed by atoms with Gasteiger partial charge in [-0.3, -0.25) is 4.57 Å². The van der Waals surface area contributed by atoms with Crippen molar-refractivity contribution >= 4 is 11.2 Å². The van der Waals surface area contributed by atoms with Gasteiger partial charge >= 0.3 is 0 Å². The van der Waals surface area contributed by atoms with E-state index in [0.717, 1.165) is 11.3 Å². The number of methoxy groups -OCH3 is 1. The molecule has 5 rings (SSSR count). The van der Waals surface area contributed by atoms with Crippen molar-refractivity contribution in [1.82, 2.24) is 34.5 Å². The third-order valence-electron chi connectivity index (χ3n) is 5.17. The van der Waals surface area contributed by atoms with Crippen LogP contribution in [-0.4, -0.2) is 75.8 Å². The predicted octanol–water partition coefficient (Wildman–Crippen LogP) is 0.429. The van der Waals surface area contributed by atoms with Gasteiger partial charge in [0.2, 0.25) is 5.88 Å². The van der Waals surface area contributed by atoms with Gasteiger partial charge in [-0.2, -0.15) is 14.6 Å². The highest BCUT2D eigenvalue weighted by Crippen LogP contribution is 2.32. The van der Waals surface area contributed by atoms with Crippen LogP contribution >= 0.6 is 0 Å². The third-order valence-corrected chi connectivity index (χ3v) is 5.17. The van der Waals surface area contributed by atoms with Crippen molar-refractivity contribution in [2.24, 2.45) is 0 Å². The zero-order chi connectivity index (χ0) is 21.5. The highest BCUT2D eigenvalue weighted by Gasteiger charge is 2.35. The van der Waals surface area contributed by atoms with Gasteiger partial charge in [-0.05, 0) is 24.3 Å². The van der Waals surface area contributed by atoms with Crippen LogP contribution in [0.3, 0.4) is 0 Å². The summed E-state index contributed by atoms with van der Waals surface area (Å²) in [4.78, 5) is 12.7. The molecule has 3 atom stereocenters. The molecule has 0 aliphatic carbocycles. The van der Waals surface area contributed by atoms with Crippen LogP contribution in [0, 0.1) is 0 Å². The lowest BCUT2D eigenvalue weighted by molar-refractivity contribution is -0.0432. The molecule has 0 bridgehead atoms. The molecule has 12 heteroatoms. The fourth-order valence-electron chi connectivity index (χ4n) is 3.51. The smallest absolute Gasteiger partial charge is 0.257 e. The average molecular weight is 425 g/mol. The minimum absolute atomic E-state index is 0.0938. The second kappa shape index (κ2) is 7.58. The van der Waals surface area contributed by atoms with E-state index in [1.807, 2.05) is 24.3 Å². The summed E-state index contributed by atoms with van der Waals surface area (Å²) in [7, 11) is 1.59. The molecule has 4 aromatic rings. The SMILES string of the molecule is COc1ccc(-c2cn(-c3nc(O)c4ncn([C@H]5C[C@H](O)[C@@H](CO)O5)c4n3)nn2)cc1. The number of rotatable bonds is 5. The molecule has 0 saturated carbocycles. The first kappa shape index (κ1) is 19.4. The average Bonchev–Trinajstić information content (AvgIpc) is 3.51. The normalized spacial score (nSPS) is 21.1. The zero-order valence-electron chi connectivity index (χ0n) is 16.4. The summed E-state index contributed by atoms with van der Waals surface area (Å²) in [5.74, 6) is 0.500. The van der Waals surface area contributed by atoms with Crippen molar-refractivity contribution in [3.05, 3.63) is 36.8 Å². The maximum Gasteiger partial charge on any atom is 0.257 e. The van der Waals surface area contributed by atoms with E-state index in [0.29, 0.717) is 11.3 Å². The first-order valence-electron chi connectivity index (χ1n) is 9.52. The summed E-state index contributed by atoms with van der Waals surface area (Å²) in [6.07, 6.45) is 1.24. The molecule has 1 aliphatic rings. The zero-order valence-corrected chi connectivity index (χ0v) is 16.4. The van der Waals surface area contributed by atoms with E-state index in [1.165, 1.54) is 11.0 Å². The summed E-state index contributed by atoms with van der Waals surface area (Å²) >= 11 is 0. The molecular formula is C19H19N7O5. The van der Waals surface area contributed by atoms with Crippen LogP contribution in [0.5, 0.6) is 11.6 Å². The fourth-order valence-corrected chi connectivity index (χ4v) is 3.51. The number of imidazole rings is 1. The van der Waals surface area contributed by atoms with Gasteiger partial charge in [-0.15, -0.1) is 5.10 Å². The van der Waals surface area contributed by atoms with Gasteiger partial charge in [0.05, 0.1) is 32.3 Å². The first-order chi connectivity index (χ1) is 15.1. The van der Waals surface area contributed by atoms with Gasteiger partial charge in [0, 0.05) is 12.0 Å². The Morgan fingerprint density at radius 2 is 2.03 bits per heavy atom. The molecule has 4 heterocycles. The van der Waals surface area contributed by atoms with Crippen LogP contribution in [0.1, 0.15) is 12.6 Å². The molecule has 0 spiro atoms. The first-order valence-corrected chi connectivity index (χ1v) is 9.52. The number of ether oxygens (including phenoxy) is 2. The molecule has 160 valence electrons. The number of hydrogen-bond acceptors (Lipinski definition) is 10. The van der Waals surface area contributed by atoms with Crippen molar-refractivity contribution in [2.45, 2.75) is 24.9 Å². The molecule has 1 fully saturated rings. The standard InChI is InChI=1S/C19H19N7O5/c1-30-11-4-2-10(3-5-11)12-7-26(24-23-12)19-21-17-16(18(29)22-19)20-9-25(17)15-6-13(28)14(8-27)31-15/h2-5,7,9,13-15,27-28H,6,8H2,1H3,(H,21,22,29)/t13-,14+,15+/m0/s1. The summed E-state index contributed by atoms with van der Waals surface area (Å²) in [6.45, 7) is -0.303. The molecule has 0 amide bonds. The Hall–Kier alpha value is -3.61. The Bertz CT molecular complexity index is 1220. The Morgan fingerprint density at radius 3 is 2.74 bits per heavy atom. The van der Waals surface area contributed by atoms with Crippen LogP contribution in [0.25, 0.3) is 28.4 Å². The van der Waals surface area contributed by atoms with Crippen molar-refractivity contribution < 1.29 is 24.8 Å². The highest BCUT2D eigenvalue weighted by atomic mass is 16.5. The maximum atomic E-state index is 10.4. The molecule has 0 radical (unpaired) electrons. The molecule has 12 nitrogen and oxygen atoms in total. The quantitative estimate of drug-likeness (QED) is 0.410. The minimum Gasteiger partial charge on any atom is -0.497 e. The van der Waals surface area contributed by atoms with E-state index >= 15 is 0 Å². The Morgan fingerprint density at radius 1 is 1.23 bits per heavy atom. The van der Waals surface area contributed by atoms with Gasteiger partial charge in [0.1, 0.15) is 23.8 Å². The van der Waals surface area contributed by atoms with Crippen molar-refractivity contribution in [3.8, 4) is 28.8 Å². The summed E-state index contributed by atoms with van der Waals surface area (Å²) < 4.78 is 13.8. The molecule has 1 aromatic carbocycles. The number of fused-ring (bicyclic) bond motifs is 1. The largest absolute Gasteiger partial charge is 0.497 e. The van der Waals surface area contributed by atoms with Crippen molar-refractivity contribution in [3.63, 3.8) is 0 Å². The maximum absolute atomic E-state index is 10.4. The topological polar surface area (TPSA) is 153 Å². The molecule has 3 N–H and O–H groups in total. The Balaban J connectivity index is 1.50. The second-order valence-corrected chi connectivity index (χ2v) is 7.06. The number of benzene rings is 1. The van der Waals surface area contributed by atoms with E-state index in [2.05, 4.69) is 25.3 Å². The van der Waals surface area contributed by atoms with E-state index in [9.17, 15) is 15.3 Å². The molecule has 3 aromatic heterocycles. The number of aliphatic hydroxyl groups is 2. The van der Waals surface area contributed by atoms with Gasteiger partial charge in [-0.1, -0.05) is 5.21 Å². The lowest BCUT2D eigenvalue weighted by Crippen LogP contribution is -2.24. The van der Waals surface area contributed by atoms with E-state index in [-0.39, 0.29) is 30.4 Å². The molecule has 31 heavy (non-hydrogen) atoms. The minimum atomic E-state index is -0.815. The molecule has 0 unspecified atom stereocenters. The van der Waals surface area contributed by atoms with Crippen LogP contribution < -0.4 is 4.74 Å². The van der Waals surface area contributed by atoms with Crippen molar-refractivity contribution in [1.29, 1.82) is 0 Å². The number of hydrogen-bond donors (Lipinski definition) is 3. The lowest BCUT2D eigenvalue weighted by Gasteiger charge is -2.13. The fraction of sp³-hybridized carbons (Fsp3) is 0.316. The predicted molar refractivity (Wildman–Crippen MR) is 106 cm³/mol. The molecule has 1 aliphatic heterocycles. The van der Waals surface area contributed by atoms with Gasteiger partial charge in [0.25, 0.3) is 5.95 Å². The third kappa shape index (κ3) is 3.36. The number of nitrogens with zero attached hydrogens (tertiary/aromatic N) is 7. The highest BCUT2D eigenvalue weighted by molar-refractivity contribution is 5.76. The Labute approximate surface area is 175 Å². The Kier molecular flexibility index (Phi) is 4.73. The van der Waals surface area contributed by atoms with Crippen LogP contribution in [0.4, 0.5) is 0 Å². The second-order valence-electron chi connectivity index (χ2n) is 7.06. The van der Waals surface area contributed by atoms with Gasteiger partial charge in [-0.25, -0.2) is 4.98 Å². The van der Waals surface area contributed by atoms with Crippen LogP contribution in [0.15, 0.2) is 36.8 Å². The van der Waals surface area contributed by atoms with Crippen LogP contribution in [-0.2, 0) is 4.74 Å². The lowest BCUT2D eigenvalue weighted by atomic mass is 10.2. The van der Waals surface area contributed by atoms with E-state index in [4.69, 9.17) is 9.47 Å². The van der Waals surface area contributed by atoms with Crippen LogP contribution in [0.2, 0.25) is 0 Å². The number of aliphatic hydroxyl groups excluding tert-OH is 2. The number of aromatic nitrogens is 7. The number of aromatic hydroxyl groups is 1. The van der Waals surface area contributed by atoms with E-state index < -0.39 is 18.4 Å². The van der Waals surface area contributed by atoms with E-state index in [1.54, 1.807) is 17.9 Å². The molecule has 1 saturated heterocycles. The summed E-state index contributed by atoms with van der Waals surface area (Å²) in [5.41, 5.74) is 1.91. The molecular weight excluding hydrogens is 406 g/mol. The monoisotopic (exact) mass is 425 g/mol.